The summed E-state index contributed by atoms with van der Waals surface area (Å²) in [7, 11) is 0. The highest BCUT2D eigenvalue weighted by molar-refractivity contribution is 6.67. The van der Waals surface area contributed by atoms with Crippen LogP contribution in [0.3, 0.4) is 0 Å². The van der Waals surface area contributed by atoms with Crippen molar-refractivity contribution < 1.29 is 57.1 Å². The summed E-state index contributed by atoms with van der Waals surface area (Å²) >= 11 is 9.00. The van der Waals surface area contributed by atoms with Gasteiger partial charge in [0.05, 0.1) is 0 Å². The van der Waals surface area contributed by atoms with Gasteiger partial charge in [0.2, 0.25) is 0 Å². The minimum atomic E-state index is -7.97. The second-order valence-corrected chi connectivity index (χ2v) is 4.54. The van der Waals surface area contributed by atoms with E-state index in [1.807, 2.05) is 0 Å². The van der Waals surface area contributed by atoms with Crippen molar-refractivity contribution in [2.24, 2.45) is 4.99 Å². The van der Waals surface area contributed by atoms with E-state index in [0.717, 1.165) is 0 Å². The first-order valence-corrected chi connectivity index (χ1v) is 5.87. The zero-order chi connectivity index (χ0) is 20.0. The molecule has 0 spiro atoms. The first-order valence-electron chi connectivity index (χ1n) is 4.95. The SMILES string of the molecule is FC(F)(F)C(F)(F)C(F)(F)C(F)(F)C(F)(F)C(F)(F)/C(Cl)=N/CCl. The molecule has 0 aliphatic rings. The summed E-state index contributed by atoms with van der Waals surface area (Å²) in [6.45, 7) is 0. The zero-order valence-corrected chi connectivity index (χ0v) is 11.8. The van der Waals surface area contributed by atoms with Crippen LogP contribution in [0.4, 0.5) is 57.1 Å². The number of hydrogen-bond acceptors (Lipinski definition) is 1. The van der Waals surface area contributed by atoms with Crippen molar-refractivity contribution in [3.8, 4) is 0 Å². The topological polar surface area (TPSA) is 12.4 Å². The molecule has 0 fully saturated rings. The molecule has 0 aromatic rings. The van der Waals surface area contributed by atoms with Crippen LogP contribution in [0.5, 0.6) is 0 Å². The molecule has 0 bridgehead atoms. The smallest absolute Gasteiger partial charge is 0.255 e. The predicted octanol–water partition coefficient (Wildman–Crippen LogP) is 5.56. The molecule has 144 valence electrons. The molecule has 0 amide bonds. The lowest BCUT2D eigenvalue weighted by molar-refractivity contribution is -0.434. The summed E-state index contributed by atoms with van der Waals surface area (Å²) in [5, 5.41) is -2.81. The highest BCUT2D eigenvalue weighted by Crippen LogP contribution is 2.60. The molecule has 0 aliphatic heterocycles. The van der Waals surface area contributed by atoms with Crippen LogP contribution in [0.25, 0.3) is 0 Å². The first kappa shape index (κ1) is 23.3. The molecular weight excluding hydrogens is 428 g/mol. The quantitative estimate of drug-likeness (QED) is 0.227. The maximum absolute atomic E-state index is 13.1. The molecular formula is C8H2Cl2F13N. The van der Waals surface area contributed by atoms with E-state index in [0.29, 0.717) is 0 Å². The molecule has 0 saturated heterocycles. The van der Waals surface area contributed by atoms with Crippen LogP contribution in [0.1, 0.15) is 0 Å². The third-order valence-electron chi connectivity index (χ3n) is 2.39. The molecule has 0 saturated carbocycles. The van der Waals surface area contributed by atoms with Gasteiger partial charge in [0.25, 0.3) is 0 Å². The molecule has 0 radical (unpaired) electrons. The Balaban J connectivity index is 6.36. The molecule has 0 aromatic carbocycles. The van der Waals surface area contributed by atoms with Crippen molar-refractivity contribution >= 4 is 28.4 Å². The fraction of sp³-hybridized carbons (Fsp3) is 0.875. The highest BCUT2D eigenvalue weighted by Gasteiger charge is 2.91. The Morgan fingerprint density at radius 2 is 0.958 bits per heavy atom. The number of aliphatic imine (C=N–C) groups is 1. The third-order valence-corrected chi connectivity index (χ3v) is 2.87. The van der Waals surface area contributed by atoms with E-state index < -0.39 is 47.0 Å². The van der Waals surface area contributed by atoms with Crippen molar-refractivity contribution in [3.63, 3.8) is 0 Å². The normalized spacial score (nSPS) is 16.5. The maximum Gasteiger partial charge on any atom is 0.460 e. The minimum absolute atomic E-state index is 1.37. The van der Waals surface area contributed by atoms with Gasteiger partial charge in [-0.3, -0.25) is 4.99 Å². The Morgan fingerprint density at radius 3 is 1.25 bits per heavy atom. The van der Waals surface area contributed by atoms with E-state index in [9.17, 15) is 57.1 Å². The molecule has 24 heavy (non-hydrogen) atoms. The van der Waals surface area contributed by atoms with Crippen LogP contribution in [0.2, 0.25) is 0 Å². The van der Waals surface area contributed by atoms with Gasteiger partial charge in [-0.05, 0) is 0 Å². The van der Waals surface area contributed by atoms with Gasteiger partial charge < -0.3 is 0 Å². The summed E-state index contributed by atoms with van der Waals surface area (Å²) in [4.78, 5) is 2.10. The van der Waals surface area contributed by atoms with Gasteiger partial charge in [0.15, 0.2) is 5.17 Å². The molecule has 0 aliphatic carbocycles. The average Bonchev–Trinajstić information content (AvgIpc) is 2.36. The Kier molecular flexibility index (Phi) is 6.08. The first-order chi connectivity index (χ1) is 10.2. The van der Waals surface area contributed by atoms with Gasteiger partial charge in [-0.1, -0.05) is 11.6 Å². The third kappa shape index (κ3) is 3.10. The van der Waals surface area contributed by atoms with Crippen molar-refractivity contribution in [1.82, 2.24) is 0 Å². The van der Waals surface area contributed by atoms with Crippen LogP contribution in [0.15, 0.2) is 4.99 Å². The van der Waals surface area contributed by atoms with Crippen LogP contribution in [-0.4, -0.2) is 47.0 Å². The molecule has 0 N–H and O–H groups in total. The Hall–Kier alpha value is -0.660. The fourth-order valence-electron chi connectivity index (χ4n) is 1.05. The van der Waals surface area contributed by atoms with Crippen LogP contribution in [-0.2, 0) is 0 Å². The maximum atomic E-state index is 13.1. The van der Waals surface area contributed by atoms with E-state index in [1.54, 1.807) is 0 Å². The predicted molar refractivity (Wildman–Crippen MR) is 54.8 cm³/mol. The van der Waals surface area contributed by atoms with Gasteiger partial charge in [0, 0.05) is 0 Å². The number of rotatable bonds is 6. The van der Waals surface area contributed by atoms with E-state index in [2.05, 4.69) is 28.2 Å². The molecule has 0 heterocycles. The van der Waals surface area contributed by atoms with Gasteiger partial charge in [-0.15, -0.1) is 11.6 Å². The second kappa shape index (κ2) is 6.25. The number of nitrogens with zero attached hydrogens (tertiary/aromatic N) is 1. The van der Waals surface area contributed by atoms with Crippen molar-refractivity contribution in [2.45, 2.75) is 35.8 Å². The minimum Gasteiger partial charge on any atom is -0.255 e. The number of hydrogen-bond donors (Lipinski definition) is 0. The van der Waals surface area contributed by atoms with Gasteiger partial charge in [-0.25, -0.2) is 0 Å². The van der Waals surface area contributed by atoms with E-state index >= 15 is 0 Å². The van der Waals surface area contributed by atoms with E-state index in [-0.39, 0.29) is 0 Å². The lowest BCUT2D eigenvalue weighted by Crippen LogP contribution is -2.70. The Bertz CT molecular complexity index is 495. The van der Waals surface area contributed by atoms with Crippen molar-refractivity contribution in [3.05, 3.63) is 0 Å². The van der Waals surface area contributed by atoms with Crippen LogP contribution >= 0.6 is 23.2 Å². The summed E-state index contributed by atoms with van der Waals surface area (Å²) < 4.78 is 164. The van der Waals surface area contributed by atoms with Crippen molar-refractivity contribution in [1.29, 1.82) is 0 Å². The molecule has 0 rings (SSSR count). The lowest BCUT2D eigenvalue weighted by atomic mass is 9.94. The Morgan fingerprint density at radius 1 is 0.625 bits per heavy atom. The highest BCUT2D eigenvalue weighted by atomic mass is 35.5. The standard InChI is InChI=1S/C8H2Cl2F13N/c9-1-24-2(10)3(11,12)4(13,14)5(15,16)6(17,18)7(19,20)8(21,22)23/h1H2/b24-2-. The summed E-state index contributed by atoms with van der Waals surface area (Å²) in [5.41, 5.74) is 0. The van der Waals surface area contributed by atoms with Crippen LogP contribution < -0.4 is 0 Å². The number of alkyl halides is 14. The monoisotopic (exact) mass is 429 g/mol. The molecule has 1 nitrogen and oxygen atoms in total. The lowest BCUT2D eigenvalue weighted by Gasteiger charge is -2.39. The molecule has 16 heteroatoms. The number of halogens is 15. The van der Waals surface area contributed by atoms with E-state index in [1.165, 1.54) is 0 Å². The summed E-state index contributed by atoms with van der Waals surface area (Å²) in [6.07, 6.45) is -7.46. The molecule has 0 unspecified atom stereocenters. The van der Waals surface area contributed by atoms with Gasteiger partial charge in [-0.2, -0.15) is 57.1 Å². The van der Waals surface area contributed by atoms with Crippen molar-refractivity contribution in [2.75, 3.05) is 6.00 Å². The second-order valence-electron chi connectivity index (χ2n) is 3.94. The van der Waals surface area contributed by atoms with E-state index in [4.69, 9.17) is 0 Å². The Labute approximate surface area is 133 Å². The fourth-order valence-corrected chi connectivity index (χ4v) is 1.41. The molecule has 0 aromatic heterocycles. The van der Waals surface area contributed by atoms with Crippen LogP contribution in [0, 0.1) is 0 Å². The zero-order valence-electron chi connectivity index (χ0n) is 10.3. The summed E-state index contributed by atoms with van der Waals surface area (Å²) in [6, 6.07) is -1.37. The molecule has 0 atom stereocenters. The van der Waals surface area contributed by atoms with Gasteiger partial charge in [0.1, 0.15) is 6.00 Å². The summed E-state index contributed by atoms with van der Waals surface area (Å²) in [5.74, 6) is -37.7. The van der Waals surface area contributed by atoms with Gasteiger partial charge >= 0.3 is 35.8 Å². The largest absolute Gasteiger partial charge is 0.460 e. The average molecular weight is 430 g/mol.